The van der Waals surface area contributed by atoms with E-state index in [-0.39, 0.29) is 5.69 Å². The van der Waals surface area contributed by atoms with Gasteiger partial charge in [0.15, 0.2) is 0 Å². The summed E-state index contributed by atoms with van der Waals surface area (Å²) in [5.74, 6) is 1.60. The largest absolute Gasteiger partial charge is 0.494 e. The third-order valence-electron chi connectivity index (χ3n) is 4.18. The molecule has 0 radical (unpaired) electrons. The molecule has 1 aliphatic heterocycles. The SMILES string of the molecule is O=[N+]([O-])c1ccc(OCCCN2CCN(c3cnccn3)CC2)cc1. The second-order valence-corrected chi connectivity index (χ2v) is 5.85. The van der Waals surface area contributed by atoms with Gasteiger partial charge in [-0.05, 0) is 18.6 Å². The van der Waals surface area contributed by atoms with Crippen LogP contribution in [-0.4, -0.2) is 59.1 Å². The molecule has 0 atom stereocenters. The lowest BCUT2D eigenvalue weighted by molar-refractivity contribution is -0.384. The molecule has 0 unspecified atom stereocenters. The monoisotopic (exact) mass is 343 g/mol. The van der Waals surface area contributed by atoms with Crippen molar-refractivity contribution in [1.82, 2.24) is 14.9 Å². The first-order valence-electron chi connectivity index (χ1n) is 8.33. The summed E-state index contributed by atoms with van der Waals surface area (Å²) in [4.78, 5) is 23.3. The number of nitrogens with zero attached hydrogens (tertiary/aromatic N) is 5. The Kier molecular flexibility index (Phi) is 5.73. The predicted octanol–water partition coefficient (Wildman–Crippen LogP) is 1.98. The van der Waals surface area contributed by atoms with Crippen molar-refractivity contribution in [3.8, 4) is 5.75 Å². The van der Waals surface area contributed by atoms with E-state index in [4.69, 9.17) is 4.74 Å². The van der Waals surface area contributed by atoms with E-state index in [1.807, 2.05) is 0 Å². The quantitative estimate of drug-likeness (QED) is 0.432. The van der Waals surface area contributed by atoms with Gasteiger partial charge >= 0.3 is 0 Å². The zero-order chi connectivity index (χ0) is 17.5. The molecule has 0 spiro atoms. The molecule has 0 aliphatic carbocycles. The topological polar surface area (TPSA) is 84.6 Å². The van der Waals surface area contributed by atoms with Crippen molar-refractivity contribution >= 4 is 11.5 Å². The highest BCUT2D eigenvalue weighted by Crippen LogP contribution is 2.17. The number of anilines is 1. The molecule has 0 N–H and O–H groups in total. The van der Waals surface area contributed by atoms with Gasteiger partial charge in [-0.2, -0.15) is 0 Å². The molecule has 1 aromatic heterocycles. The minimum Gasteiger partial charge on any atom is -0.494 e. The molecule has 2 aromatic rings. The van der Waals surface area contributed by atoms with Crippen LogP contribution in [0.4, 0.5) is 11.5 Å². The molecule has 132 valence electrons. The van der Waals surface area contributed by atoms with Crippen molar-refractivity contribution in [3.05, 3.63) is 53.0 Å². The third kappa shape index (κ3) is 4.87. The highest BCUT2D eigenvalue weighted by Gasteiger charge is 2.17. The minimum atomic E-state index is -0.412. The Labute approximate surface area is 146 Å². The molecule has 8 nitrogen and oxygen atoms in total. The summed E-state index contributed by atoms with van der Waals surface area (Å²) in [5.41, 5.74) is 0.0772. The second-order valence-electron chi connectivity index (χ2n) is 5.85. The lowest BCUT2D eigenvalue weighted by Crippen LogP contribution is -2.47. The third-order valence-corrected chi connectivity index (χ3v) is 4.18. The predicted molar refractivity (Wildman–Crippen MR) is 93.9 cm³/mol. The minimum absolute atomic E-state index is 0.0772. The fourth-order valence-electron chi connectivity index (χ4n) is 2.80. The molecule has 3 rings (SSSR count). The molecule has 0 saturated carbocycles. The van der Waals surface area contributed by atoms with Crippen LogP contribution in [0.5, 0.6) is 5.75 Å². The number of ether oxygens (including phenoxy) is 1. The lowest BCUT2D eigenvalue weighted by Gasteiger charge is -2.35. The van der Waals surface area contributed by atoms with Crippen molar-refractivity contribution in [2.24, 2.45) is 0 Å². The standard InChI is InChI=1S/C17H21N5O3/c23-22(24)15-2-4-16(5-3-15)25-13-1-8-20-9-11-21(12-10-20)17-14-18-6-7-19-17/h2-7,14H,1,8-13H2. The zero-order valence-electron chi connectivity index (χ0n) is 14.0. The molecule has 0 amide bonds. The van der Waals surface area contributed by atoms with Gasteiger partial charge in [-0.15, -0.1) is 0 Å². The Hall–Kier alpha value is -2.74. The second kappa shape index (κ2) is 8.39. The average molecular weight is 343 g/mol. The van der Waals surface area contributed by atoms with E-state index in [9.17, 15) is 10.1 Å². The molecule has 1 saturated heterocycles. The Morgan fingerprint density at radius 3 is 2.52 bits per heavy atom. The lowest BCUT2D eigenvalue weighted by atomic mass is 10.3. The van der Waals surface area contributed by atoms with E-state index in [1.54, 1.807) is 30.7 Å². The van der Waals surface area contributed by atoms with Gasteiger partial charge in [0.2, 0.25) is 0 Å². The van der Waals surface area contributed by atoms with Crippen molar-refractivity contribution in [1.29, 1.82) is 0 Å². The van der Waals surface area contributed by atoms with Crippen molar-refractivity contribution in [2.75, 3.05) is 44.2 Å². The summed E-state index contributed by atoms with van der Waals surface area (Å²) in [5, 5.41) is 10.6. The molecule has 1 aromatic carbocycles. The summed E-state index contributed by atoms with van der Waals surface area (Å²) in [6.07, 6.45) is 6.12. The van der Waals surface area contributed by atoms with Gasteiger partial charge < -0.3 is 9.64 Å². The molecule has 8 heteroatoms. The van der Waals surface area contributed by atoms with E-state index in [2.05, 4.69) is 19.8 Å². The summed E-state index contributed by atoms with van der Waals surface area (Å²) < 4.78 is 5.64. The molecule has 0 bridgehead atoms. The van der Waals surface area contributed by atoms with Crippen LogP contribution in [0.25, 0.3) is 0 Å². The fourth-order valence-corrected chi connectivity index (χ4v) is 2.80. The summed E-state index contributed by atoms with van der Waals surface area (Å²) in [7, 11) is 0. The molecule has 25 heavy (non-hydrogen) atoms. The van der Waals surface area contributed by atoms with Crippen LogP contribution < -0.4 is 9.64 Å². The van der Waals surface area contributed by atoms with Crippen LogP contribution in [0.15, 0.2) is 42.9 Å². The molecular formula is C17H21N5O3. The normalized spacial score (nSPS) is 15.1. The summed E-state index contributed by atoms with van der Waals surface area (Å²) >= 11 is 0. The van der Waals surface area contributed by atoms with E-state index in [1.165, 1.54) is 12.1 Å². The molecule has 1 fully saturated rings. The van der Waals surface area contributed by atoms with Gasteiger partial charge in [0.1, 0.15) is 11.6 Å². The Morgan fingerprint density at radius 2 is 1.88 bits per heavy atom. The summed E-state index contributed by atoms with van der Waals surface area (Å²) in [6.45, 7) is 5.45. The number of nitro groups is 1. The maximum Gasteiger partial charge on any atom is 0.269 e. The van der Waals surface area contributed by atoms with Crippen LogP contribution in [-0.2, 0) is 0 Å². The van der Waals surface area contributed by atoms with Gasteiger partial charge in [-0.3, -0.25) is 20.0 Å². The van der Waals surface area contributed by atoms with E-state index in [0.29, 0.717) is 12.4 Å². The molecule has 2 heterocycles. The van der Waals surface area contributed by atoms with Crippen molar-refractivity contribution in [2.45, 2.75) is 6.42 Å². The summed E-state index contributed by atoms with van der Waals surface area (Å²) in [6, 6.07) is 6.19. The number of aromatic nitrogens is 2. The number of rotatable bonds is 7. The van der Waals surface area contributed by atoms with Gasteiger partial charge in [0.05, 0.1) is 17.7 Å². The van der Waals surface area contributed by atoms with E-state index < -0.39 is 4.92 Å². The highest BCUT2D eigenvalue weighted by molar-refractivity contribution is 5.36. The van der Waals surface area contributed by atoms with Crippen LogP contribution >= 0.6 is 0 Å². The molecule has 1 aliphatic rings. The first-order valence-corrected chi connectivity index (χ1v) is 8.33. The van der Waals surface area contributed by atoms with Gasteiger partial charge in [-0.1, -0.05) is 0 Å². The van der Waals surface area contributed by atoms with Crippen molar-refractivity contribution < 1.29 is 9.66 Å². The van der Waals surface area contributed by atoms with Gasteiger partial charge in [0.25, 0.3) is 5.69 Å². The number of hydrogen-bond donors (Lipinski definition) is 0. The molecular weight excluding hydrogens is 322 g/mol. The maximum absolute atomic E-state index is 10.6. The van der Waals surface area contributed by atoms with Crippen LogP contribution in [0.1, 0.15) is 6.42 Å². The fraction of sp³-hybridized carbons (Fsp3) is 0.412. The van der Waals surface area contributed by atoms with Crippen molar-refractivity contribution in [3.63, 3.8) is 0 Å². The van der Waals surface area contributed by atoms with Crippen LogP contribution in [0.3, 0.4) is 0 Å². The Bertz CT molecular complexity index is 672. The number of piperazine rings is 1. The van der Waals surface area contributed by atoms with Gasteiger partial charge in [-0.25, -0.2) is 4.98 Å². The van der Waals surface area contributed by atoms with Gasteiger partial charge in [0, 0.05) is 57.3 Å². The maximum atomic E-state index is 10.6. The average Bonchev–Trinajstić information content (AvgIpc) is 2.67. The number of hydrogen-bond acceptors (Lipinski definition) is 7. The van der Waals surface area contributed by atoms with E-state index >= 15 is 0 Å². The first-order chi connectivity index (χ1) is 12.2. The highest BCUT2D eigenvalue weighted by atomic mass is 16.6. The van der Waals surface area contributed by atoms with Crippen LogP contribution in [0.2, 0.25) is 0 Å². The Morgan fingerprint density at radius 1 is 1.12 bits per heavy atom. The Balaban J connectivity index is 1.34. The first kappa shape index (κ1) is 17.1. The number of non-ortho nitro benzene ring substituents is 1. The van der Waals surface area contributed by atoms with Crippen LogP contribution in [0, 0.1) is 10.1 Å². The number of benzene rings is 1. The number of nitro benzene ring substituents is 1. The smallest absolute Gasteiger partial charge is 0.269 e. The zero-order valence-corrected chi connectivity index (χ0v) is 14.0. The van der Waals surface area contributed by atoms with E-state index in [0.717, 1.165) is 45.0 Å².